The molecule has 1 heterocycles. The zero-order valence-corrected chi connectivity index (χ0v) is 12.5. The first kappa shape index (κ1) is 14.1. The number of ether oxygens (including phenoxy) is 1. The highest BCUT2D eigenvalue weighted by Crippen LogP contribution is 2.34. The lowest BCUT2D eigenvalue weighted by atomic mass is 9.92. The molecular weight excluding hydrogens is 260 g/mol. The van der Waals surface area contributed by atoms with E-state index in [4.69, 9.17) is 10.5 Å². The lowest BCUT2D eigenvalue weighted by Gasteiger charge is -2.19. The number of benzene rings is 1. The largest absolute Gasteiger partial charge is 0.492 e. The summed E-state index contributed by atoms with van der Waals surface area (Å²) in [7, 11) is 0. The second kappa shape index (κ2) is 6.27. The second-order valence-corrected chi connectivity index (χ2v) is 5.77. The zero-order chi connectivity index (χ0) is 14.7. The number of nitrogens with zero attached hydrogens (tertiary/aromatic N) is 1. The van der Waals surface area contributed by atoms with E-state index in [1.165, 1.54) is 11.1 Å². The van der Waals surface area contributed by atoms with Gasteiger partial charge >= 0.3 is 0 Å². The Labute approximate surface area is 126 Å². The van der Waals surface area contributed by atoms with Crippen molar-refractivity contribution in [1.82, 2.24) is 4.98 Å². The van der Waals surface area contributed by atoms with Crippen molar-refractivity contribution < 1.29 is 4.74 Å². The van der Waals surface area contributed by atoms with Crippen molar-refractivity contribution in [3.05, 3.63) is 59.4 Å². The highest BCUT2D eigenvalue weighted by Gasteiger charge is 2.27. The molecule has 1 unspecified atom stereocenters. The monoisotopic (exact) mass is 282 g/mol. The summed E-state index contributed by atoms with van der Waals surface area (Å²) < 4.78 is 5.65. The first-order valence-corrected chi connectivity index (χ1v) is 7.68. The van der Waals surface area contributed by atoms with Gasteiger partial charge in [-0.25, -0.2) is 0 Å². The van der Waals surface area contributed by atoms with Gasteiger partial charge in [-0.15, -0.1) is 0 Å². The molecule has 2 aromatic rings. The number of pyridine rings is 1. The number of hydrogen-bond donors (Lipinski definition) is 1. The maximum atomic E-state index is 6.48. The molecule has 2 N–H and O–H groups in total. The number of rotatable bonds is 5. The summed E-state index contributed by atoms with van der Waals surface area (Å²) >= 11 is 0. The van der Waals surface area contributed by atoms with Gasteiger partial charge in [0.1, 0.15) is 5.75 Å². The van der Waals surface area contributed by atoms with E-state index in [0.717, 1.165) is 37.2 Å². The molecule has 1 atom stereocenters. The van der Waals surface area contributed by atoms with E-state index in [0.29, 0.717) is 5.92 Å². The topological polar surface area (TPSA) is 48.1 Å². The van der Waals surface area contributed by atoms with E-state index in [-0.39, 0.29) is 6.04 Å². The minimum atomic E-state index is 0.00933. The van der Waals surface area contributed by atoms with Gasteiger partial charge in [0, 0.05) is 12.2 Å². The van der Waals surface area contributed by atoms with Crippen LogP contribution in [0.5, 0.6) is 5.75 Å². The molecule has 1 aliphatic rings. The summed E-state index contributed by atoms with van der Waals surface area (Å²) in [4.78, 5) is 4.27. The number of fused-ring (bicyclic) bond motifs is 1. The van der Waals surface area contributed by atoms with E-state index < -0.39 is 0 Å². The lowest BCUT2D eigenvalue weighted by Crippen LogP contribution is -2.22. The van der Waals surface area contributed by atoms with Crippen LogP contribution < -0.4 is 10.5 Å². The standard InChI is InChI=1S/C18H22N2O/c1-2-7-21-17-10-16(11-20-12-17)18(19)15-8-13-5-3-4-6-14(13)9-15/h3-6,10-12,15,18H,2,7-9,19H2,1H3. The molecule has 0 spiro atoms. The van der Waals surface area contributed by atoms with Crippen LogP contribution in [0.4, 0.5) is 0 Å². The molecule has 3 heteroatoms. The van der Waals surface area contributed by atoms with Crippen molar-refractivity contribution in [2.24, 2.45) is 11.7 Å². The molecule has 21 heavy (non-hydrogen) atoms. The number of hydrogen-bond acceptors (Lipinski definition) is 3. The van der Waals surface area contributed by atoms with Gasteiger partial charge in [0.2, 0.25) is 0 Å². The Morgan fingerprint density at radius 3 is 2.62 bits per heavy atom. The van der Waals surface area contributed by atoms with Gasteiger partial charge in [-0.05, 0) is 47.9 Å². The van der Waals surface area contributed by atoms with Crippen molar-refractivity contribution in [3.63, 3.8) is 0 Å². The van der Waals surface area contributed by atoms with Gasteiger partial charge in [-0.1, -0.05) is 31.2 Å². The van der Waals surface area contributed by atoms with Crippen LogP contribution in [-0.4, -0.2) is 11.6 Å². The zero-order valence-electron chi connectivity index (χ0n) is 12.5. The van der Waals surface area contributed by atoms with E-state index in [1.54, 1.807) is 6.20 Å². The quantitative estimate of drug-likeness (QED) is 0.915. The molecule has 110 valence electrons. The molecule has 0 fully saturated rings. The maximum Gasteiger partial charge on any atom is 0.137 e. The highest BCUT2D eigenvalue weighted by atomic mass is 16.5. The van der Waals surface area contributed by atoms with Crippen LogP contribution in [0.2, 0.25) is 0 Å². The van der Waals surface area contributed by atoms with Crippen LogP contribution in [0.1, 0.15) is 36.1 Å². The van der Waals surface area contributed by atoms with Crippen molar-refractivity contribution in [2.45, 2.75) is 32.2 Å². The summed E-state index contributed by atoms with van der Waals surface area (Å²) in [5.74, 6) is 1.27. The summed E-state index contributed by atoms with van der Waals surface area (Å²) in [5, 5.41) is 0. The molecule has 0 bridgehead atoms. The van der Waals surface area contributed by atoms with Crippen LogP contribution in [0.25, 0.3) is 0 Å². The molecule has 0 saturated heterocycles. The van der Waals surface area contributed by atoms with Crippen LogP contribution >= 0.6 is 0 Å². The van der Waals surface area contributed by atoms with Crippen molar-refractivity contribution in [1.29, 1.82) is 0 Å². The van der Waals surface area contributed by atoms with E-state index in [2.05, 4.69) is 36.2 Å². The molecular formula is C18H22N2O. The Morgan fingerprint density at radius 1 is 1.24 bits per heavy atom. The average Bonchev–Trinajstić information content (AvgIpc) is 2.96. The molecule has 0 radical (unpaired) electrons. The fourth-order valence-electron chi connectivity index (χ4n) is 3.04. The predicted octanol–water partition coefficient (Wildman–Crippen LogP) is 3.29. The maximum absolute atomic E-state index is 6.48. The fourth-order valence-corrected chi connectivity index (χ4v) is 3.04. The van der Waals surface area contributed by atoms with Crippen molar-refractivity contribution in [2.75, 3.05) is 6.61 Å². The Hall–Kier alpha value is -1.87. The molecule has 1 aliphatic carbocycles. The summed E-state index contributed by atoms with van der Waals surface area (Å²) in [5.41, 5.74) is 10.4. The molecule has 1 aromatic carbocycles. The van der Waals surface area contributed by atoms with Gasteiger partial charge < -0.3 is 10.5 Å². The average molecular weight is 282 g/mol. The molecule has 3 nitrogen and oxygen atoms in total. The molecule has 0 amide bonds. The third kappa shape index (κ3) is 3.08. The summed E-state index contributed by atoms with van der Waals surface area (Å²) in [6.07, 6.45) is 6.73. The highest BCUT2D eigenvalue weighted by molar-refractivity contribution is 5.34. The van der Waals surface area contributed by atoms with Crippen LogP contribution in [0.15, 0.2) is 42.7 Å². The summed E-state index contributed by atoms with van der Waals surface area (Å²) in [6, 6.07) is 10.7. The van der Waals surface area contributed by atoms with Crippen molar-refractivity contribution in [3.8, 4) is 5.75 Å². The minimum absolute atomic E-state index is 0.00933. The normalized spacial score (nSPS) is 15.7. The number of nitrogens with two attached hydrogens (primary N) is 1. The number of aromatic nitrogens is 1. The minimum Gasteiger partial charge on any atom is -0.492 e. The second-order valence-electron chi connectivity index (χ2n) is 5.77. The molecule has 0 saturated carbocycles. The van der Waals surface area contributed by atoms with E-state index >= 15 is 0 Å². The lowest BCUT2D eigenvalue weighted by molar-refractivity contribution is 0.315. The van der Waals surface area contributed by atoms with Crippen molar-refractivity contribution >= 4 is 0 Å². The van der Waals surface area contributed by atoms with Gasteiger partial charge in [-0.2, -0.15) is 0 Å². The predicted molar refractivity (Wildman–Crippen MR) is 84.3 cm³/mol. The van der Waals surface area contributed by atoms with Crippen LogP contribution in [0.3, 0.4) is 0 Å². The summed E-state index contributed by atoms with van der Waals surface area (Å²) in [6.45, 7) is 2.81. The molecule has 0 aliphatic heterocycles. The van der Waals surface area contributed by atoms with Gasteiger partial charge in [0.05, 0.1) is 12.8 Å². The SMILES string of the molecule is CCCOc1cncc(C(N)C2Cc3ccccc3C2)c1. The molecule has 1 aromatic heterocycles. The third-order valence-corrected chi connectivity index (χ3v) is 4.18. The van der Waals surface area contributed by atoms with Gasteiger partial charge in [0.25, 0.3) is 0 Å². The van der Waals surface area contributed by atoms with E-state index in [9.17, 15) is 0 Å². The Kier molecular flexibility index (Phi) is 4.20. The van der Waals surface area contributed by atoms with Crippen LogP contribution in [-0.2, 0) is 12.8 Å². The first-order chi connectivity index (χ1) is 10.3. The first-order valence-electron chi connectivity index (χ1n) is 7.68. The fraction of sp³-hybridized carbons (Fsp3) is 0.389. The van der Waals surface area contributed by atoms with Crippen LogP contribution in [0, 0.1) is 5.92 Å². The molecule has 3 rings (SSSR count). The Morgan fingerprint density at radius 2 is 1.95 bits per heavy atom. The smallest absolute Gasteiger partial charge is 0.137 e. The van der Waals surface area contributed by atoms with Gasteiger partial charge in [0.15, 0.2) is 0 Å². The Balaban J connectivity index is 1.73. The Bertz CT molecular complexity index is 587. The third-order valence-electron chi connectivity index (χ3n) is 4.18. The van der Waals surface area contributed by atoms with E-state index in [1.807, 2.05) is 12.3 Å². The van der Waals surface area contributed by atoms with Gasteiger partial charge in [-0.3, -0.25) is 4.98 Å².